The van der Waals surface area contributed by atoms with E-state index in [1.165, 1.54) is 11.1 Å². The SMILES string of the molecule is C.CCCCCNC(=O)CN(CC(=O)N(C)N1Cc2ccccc2C1)c1cc(-c2nc(C)no2)ccc1C. The second-order valence-corrected chi connectivity index (χ2v) is 9.57. The Bertz CT molecular complexity index is 1220. The van der Waals surface area contributed by atoms with Crippen LogP contribution in [0.4, 0.5) is 5.69 Å². The standard InChI is InChI=1S/C28H36N6O3.CH4/c1-5-6-9-14-29-26(35)18-33(25-15-22(13-12-20(25)2)28-30-21(3)31-37-28)19-27(36)32(4)34-16-23-10-7-8-11-24(23)17-34;/h7-8,10-13,15H,5-6,9,14,16-19H2,1-4H3,(H,29,35);1H4. The van der Waals surface area contributed by atoms with Gasteiger partial charge in [-0.15, -0.1) is 0 Å². The van der Waals surface area contributed by atoms with Gasteiger partial charge < -0.3 is 14.7 Å². The number of benzene rings is 2. The minimum atomic E-state index is -0.112. The molecule has 0 radical (unpaired) electrons. The predicted molar refractivity (Wildman–Crippen MR) is 149 cm³/mol. The Kier molecular flexibility index (Phi) is 10.0. The molecule has 0 unspecified atom stereocenters. The Morgan fingerprint density at radius 1 is 1.05 bits per heavy atom. The molecule has 0 saturated carbocycles. The maximum absolute atomic E-state index is 13.5. The summed E-state index contributed by atoms with van der Waals surface area (Å²) in [5, 5.41) is 10.6. The van der Waals surface area contributed by atoms with E-state index in [1.54, 1.807) is 19.0 Å². The lowest BCUT2D eigenvalue weighted by Crippen LogP contribution is -2.48. The fourth-order valence-electron chi connectivity index (χ4n) is 4.51. The van der Waals surface area contributed by atoms with Crippen LogP contribution in [0.1, 0.15) is 56.1 Å². The molecule has 2 heterocycles. The van der Waals surface area contributed by atoms with Crippen LogP contribution in [0.2, 0.25) is 0 Å². The maximum atomic E-state index is 13.5. The molecule has 2 aromatic carbocycles. The van der Waals surface area contributed by atoms with Gasteiger partial charge in [0.2, 0.25) is 5.91 Å². The molecule has 9 heteroatoms. The highest BCUT2D eigenvalue weighted by Gasteiger charge is 2.27. The largest absolute Gasteiger partial charge is 0.355 e. The monoisotopic (exact) mass is 520 g/mol. The van der Waals surface area contributed by atoms with E-state index in [1.807, 2.05) is 47.2 Å². The summed E-state index contributed by atoms with van der Waals surface area (Å²) in [5.74, 6) is 0.744. The number of carbonyl (C=O) groups excluding carboxylic acids is 2. The Morgan fingerprint density at radius 3 is 2.39 bits per heavy atom. The summed E-state index contributed by atoms with van der Waals surface area (Å²) in [7, 11) is 1.79. The summed E-state index contributed by atoms with van der Waals surface area (Å²) in [5.41, 5.74) is 4.92. The van der Waals surface area contributed by atoms with Gasteiger partial charge in [0.05, 0.1) is 13.1 Å². The van der Waals surface area contributed by atoms with Crippen molar-refractivity contribution in [2.45, 2.75) is 60.5 Å². The number of nitrogens with zero attached hydrogens (tertiary/aromatic N) is 5. The van der Waals surface area contributed by atoms with Crippen molar-refractivity contribution in [1.82, 2.24) is 25.5 Å². The highest BCUT2D eigenvalue weighted by atomic mass is 16.5. The molecule has 2 amide bonds. The third-order valence-electron chi connectivity index (χ3n) is 6.70. The van der Waals surface area contributed by atoms with Crippen LogP contribution in [0.3, 0.4) is 0 Å². The molecular formula is C29H40N6O3. The van der Waals surface area contributed by atoms with Gasteiger partial charge in [-0.2, -0.15) is 4.98 Å². The van der Waals surface area contributed by atoms with E-state index >= 15 is 0 Å². The third kappa shape index (κ3) is 6.98. The zero-order chi connectivity index (χ0) is 26.4. The van der Waals surface area contributed by atoms with E-state index in [2.05, 4.69) is 34.5 Å². The average molecular weight is 521 g/mol. The topological polar surface area (TPSA) is 94.8 Å². The van der Waals surface area contributed by atoms with Crippen molar-refractivity contribution >= 4 is 17.5 Å². The van der Waals surface area contributed by atoms with Crippen LogP contribution in [0.15, 0.2) is 47.0 Å². The van der Waals surface area contributed by atoms with Gasteiger partial charge in [-0.3, -0.25) is 14.6 Å². The highest BCUT2D eigenvalue weighted by Crippen LogP contribution is 2.28. The summed E-state index contributed by atoms with van der Waals surface area (Å²) < 4.78 is 5.36. The minimum Gasteiger partial charge on any atom is -0.355 e. The first kappa shape index (κ1) is 28.8. The maximum Gasteiger partial charge on any atom is 0.257 e. The van der Waals surface area contributed by atoms with Crippen LogP contribution < -0.4 is 10.2 Å². The number of carbonyl (C=O) groups is 2. The molecule has 1 aromatic heterocycles. The normalized spacial score (nSPS) is 12.5. The van der Waals surface area contributed by atoms with Gasteiger partial charge in [0, 0.05) is 37.9 Å². The first-order chi connectivity index (χ1) is 17.9. The second-order valence-electron chi connectivity index (χ2n) is 9.57. The summed E-state index contributed by atoms with van der Waals surface area (Å²) in [4.78, 5) is 32.5. The molecule has 38 heavy (non-hydrogen) atoms. The molecule has 1 aliphatic rings. The van der Waals surface area contributed by atoms with Crippen molar-refractivity contribution in [3.05, 3.63) is 65.0 Å². The summed E-state index contributed by atoms with van der Waals surface area (Å²) in [6.07, 6.45) is 3.09. The molecule has 0 aliphatic carbocycles. The molecule has 0 spiro atoms. The van der Waals surface area contributed by atoms with Gasteiger partial charge >= 0.3 is 0 Å². The van der Waals surface area contributed by atoms with Gasteiger partial charge in [0.15, 0.2) is 5.82 Å². The second kappa shape index (κ2) is 13.2. The fraction of sp³-hybridized carbons (Fsp3) is 0.448. The van der Waals surface area contributed by atoms with Crippen LogP contribution >= 0.6 is 0 Å². The van der Waals surface area contributed by atoms with Gasteiger partial charge in [-0.25, -0.2) is 5.01 Å². The zero-order valence-corrected chi connectivity index (χ0v) is 22.2. The van der Waals surface area contributed by atoms with E-state index in [-0.39, 0.29) is 32.3 Å². The molecule has 1 N–H and O–H groups in total. The van der Waals surface area contributed by atoms with Crippen LogP contribution in [0.5, 0.6) is 0 Å². The van der Waals surface area contributed by atoms with Crippen molar-refractivity contribution in [3.8, 4) is 11.5 Å². The average Bonchev–Trinajstić information content (AvgIpc) is 3.52. The number of unbranched alkanes of at least 4 members (excludes halogenated alkanes) is 2. The molecule has 3 aromatic rings. The van der Waals surface area contributed by atoms with E-state index in [0.29, 0.717) is 31.3 Å². The fourth-order valence-corrected chi connectivity index (χ4v) is 4.51. The molecule has 4 rings (SSSR count). The number of hydrazine groups is 1. The quantitative estimate of drug-likeness (QED) is 0.372. The minimum absolute atomic E-state index is 0. The number of anilines is 1. The van der Waals surface area contributed by atoms with Crippen molar-refractivity contribution in [2.24, 2.45) is 0 Å². The number of aryl methyl sites for hydroxylation is 2. The smallest absolute Gasteiger partial charge is 0.257 e. The van der Waals surface area contributed by atoms with Crippen LogP contribution in [0, 0.1) is 13.8 Å². The first-order valence-electron chi connectivity index (χ1n) is 12.9. The third-order valence-corrected chi connectivity index (χ3v) is 6.70. The lowest BCUT2D eigenvalue weighted by atomic mass is 10.1. The van der Waals surface area contributed by atoms with Crippen molar-refractivity contribution in [2.75, 3.05) is 31.6 Å². The van der Waals surface area contributed by atoms with Gasteiger partial charge in [0.25, 0.3) is 11.8 Å². The predicted octanol–water partition coefficient (Wildman–Crippen LogP) is 4.49. The van der Waals surface area contributed by atoms with E-state index in [4.69, 9.17) is 4.52 Å². The molecule has 204 valence electrons. The Labute approximate surface area is 225 Å². The number of likely N-dealkylation sites (N-methyl/N-ethyl adjacent to an activating group) is 1. The number of hydrogen-bond donors (Lipinski definition) is 1. The molecular weight excluding hydrogens is 480 g/mol. The Hall–Kier alpha value is -3.72. The number of amides is 2. The number of nitrogens with one attached hydrogen (secondary N) is 1. The number of hydrogen-bond acceptors (Lipinski definition) is 7. The number of aromatic nitrogens is 2. The van der Waals surface area contributed by atoms with Gasteiger partial charge in [-0.1, -0.05) is 62.7 Å². The Balaban J connectivity index is 0.00000400. The van der Waals surface area contributed by atoms with Crippen molar-refractivity contribution in [3.63, 3.8) is 0 Å². The number of rotatable bonds is 11. The molecule has 9 nitrogen and oxygen atoms in total. The summed E-state index contributed by atoms with van der Waals surface area (Å²) in [6.45, 7) is 7.98. The molecule has 1 aliphatic heterocycles. The zero-order valence-electron chi connectivity index (χ0n) is 22.2. The van der Waals surface area contributed by atoms with Crippen LogP contribution in [0.25, 0.3) is 11.5 Å². The van der Waals surface area contributed by atoms with E-state index < -0.39 is 0 Å². The van der Waals surface area contributed by atoms with Crippen molar-refractivity contribution in [1.29, 1.82) is 0 Å². The molecule has 0 fully saturated rings. The van der Waals surface area contributed by atoms with Gasteiger partial charge in [0.1, 0.15) is 0 Å². The first-order valence-corrected chi connectivity index (χ1v) is 12.9. The van der Waals surface area contributed by atoms with Gasteiger partial charge in [-0.05, 0) is 49.1 Å². The Morgan fingerprint density at radius 2 is 1.76 bits per heavy atom. The van der Waals surface area contributed by atoms with E-state index in [9.17, 15) is 9.59 Å². The molecule has 0 bridgehead atoms. The highest BCUT2D eigenvalue weighted by molar-refractivity contribution is 5.87. The van der Waals surface area contributed by atoms with Crippen LogP contribution in [-0.4, -0.2) is 58.7 Å². The molecule has 0 saturated heterocycles. The summed E-state index contributed by atoms with van der Waals surface area (Å²) >= 11 is 0. The number of fused-ring (bicyclic) bond motifs is 1. The lowest BCUT2D eigenvalue weighted by Gasteiger charge is -2.32. The van der Waals surface area contributed by atoms with Crippen LogP contribution in [-0.2, 0) is 22.7 Å². The molecule has 0 atom stereocenters. The van der Waals surface area contributed by atoms with Crippen molar-refractivity contribution < 1.29 is 14.1 Å². The lowest BCUT2D eigenvalue weighted by molar-refractivity contribution is -0.145. The van der Waals surface area contributed by atoms with E-state index in [0.717, 1.165) is 36.1 Å². The summed E-state index contributed by atoms with van der Waals surface area (Å²) in [6, 6.07) is 14.0.